The Labute approximate surface area is 124 Å². The maximum atomic E-state index is 4.37. The second-order valence-electron chi connectivity index (χ2n) is 5.47. The summed E-state index contributed by atoms with van der Waals surface area (Å²) in [6.07, 6.45) is 5.42. The van der Waals surface area contributed by atoms with Crippen molar-refractivity contribution in [1.82, 2.24) is 19.9 Å². The number of nitrogens with one attached hydrogen (secondary N) is 1. The minimum absolute atomic E-state index is 0.611. The van der Waals surface area contributed by atoms with E-state index in [4.69, 9.17) is 0 Å². The maximum absolute atomic E-state index is 4.37. The molecule has 0 aliphatic carbocycles. The summed E-state index contributed by atoms with van der Waals surface area (Å²) in [4.78, 5) is 19.4. The van der Waals surface area contributed by atoms with E-state index in [1.807, 2.05) is 26.1 Å². The van der Waals surface area contributed by atoms with Crippen LogP contribution >= 0.6 is 0 Å². The molecule has 3 rings (SSSR count). The van der Waals surface area contributed by atoms with Gasteiger partial charge in [-0.25, -0.2) is 19.9 Å². The van der Waals surface area contributed by atoms with Gasteiger partial charge in [0.15, 0.2) is 0 Å². The van der Waals surface area contributed by atoms with Gasteiger partial charge < -0.3 is 10.2 Å². The van der Waals surface area contributed by atoms with Crippen molar-refractivity contribution < 1.29 is 0 Å². The van der Waals surface area contributed by atoms with Gasteiger partial charge in [-0.05, 0) is 25.7 Å². The molecular formula is C15H20N6. The quantitative estimate of drug-likeness (QED) is 0.921. The first kappa shape index (κ1) is 13.7. The summed E-state index contributed by atoms with van der Waals surface area (Å²) in [5.74, 6) is 2.52. The number of nitrogens with zero attached hydrogens (tertiary/aromatic N) is 5. The number of hydrogen-bond donors (Lipinski definition) is 1. The molecule has 6 heteroatoms. The van der Waals surface area contributed by atoms with Crippen molar-refractivity contribution in [3.05, 3.63) is 36.2 Å². The molecule has 1 aliphatic rings. The molecule has 0 aromatic carbocycles. The maximum Gasteiger partial charge on any atom is 0.132 e. The standard InChI is InChI=1S/C15H20N6/c1-11-5-15(20-9-17-11)21-4-3-12(8-21)6-13-7-14(16-2)19-10-18-13/h5,7,9-10,12H,3-4,6,8H2,1-2H3,(H,16,18,19)/t12-/m1/s1. The molecular weight excluding hydrogens is 264 g/mol. The molecule has 0 unspecified atom stereocenters. The minimum Gasteiger partial charge on any atom is -0.373 e. The van der Waals surface area contributed by atoms with Crippen molar-refractivity contribution in [3.8, 4) is 0 Å². The molecule has 0 bridgehead atoms. The van der Waals surface area contributed by atoms with Gasteiger partial charge in [-0.1, -0.05) is 0 Å². The van der Waals surface area contributed by atoms with E-state index in [1.54, 1.807) is 12.7 Å². The summed E-state index contributed by atoms with van der Waals surface area (Å²) < 4.78 is 0. The summed E-state index contributed by atoms with van der Waals surface area (Å²) in [7, 11) is 1.88. The lowest BCUT2D eigenvalue weighted by molar-refractivity contribution is 0.576. The summed E-state index contributed by atoms with van der Waals surface area (Å²) in [6, 6.07) is 4.07. The normalized spacial score (nSPS) is 18.0. The molecule has 1 aliphatic heterocycles. The van der Waals surface area contributed by atoms with Crippen molar-refractivity contribution in [3.63, 3.8) is 0 Å². The molecule has 2 aromatic heterocycles. The highest BCUT2D eigenvalue weighted by Crippen LogP contribution is 2.24. The predicted molar refractivity (Wildman–Crippen MR) is 82.4 cm³/mol. The van der Waals surface area contributed by atoms with E-state index in [1.165, 1.54) is 6.42 Å². The van der Waals surface area contributed by atoms with Crippen LogP contribution in [0.3, 0.4) is 0 Å². The Kier molecular flexibility index (Phi) is 3.94. The minimum atomic E-state index is 0.611. The summed E-state index contributed by atoms with van der Waals surface area (Å²) >= 11 is 0. The van der Waals surface area contributed by atoms with Gasteiger partial charge in [-0.2, -0.15) is 0 Å². The van der Waals surface area contributed by atoms with E-state index in [-0.39, 0.29) is 0 Å². The van der Waals surface area contributed by atoms with Crippen LogP contribution < -0.4 is 10.2 Å². The molecule has 110 valence electrons. The molecule has 1 fully saturated rings. The molecule has 1 saturated heterocycles. The zero-order valence-electron chi connectivity index (χ0n) is 12.5. The molecule has 0 saturated carbocycles. The first-order valence-electron chi connectivity index (χ1n) is 7.27. The van der Waals surface area contributed by atoms with E-state index in [9.17, 15) is 0 Å². The van der Waals surface area contributed by atoms with E-state index in [0.717, 1.165) is 42.5 Å². The lowest BCUT2D eigenvalue weighted by Gasteiger charge is -2.17. The van der Waals surface area contributed by atoms with Gasteiger partial charge in [0, 0.05) is 43.7 Å². The monoisotopic (exact) mass is 284 g/mol. The first-order valence-corrected chi connectivity index (χ1v) is 7.27. The number of rotatable bonds is 4. The van der Waals surface area contributed by atoms with Crippen molar-refractivity contribution in [1.29, 1.82) is 0 Å². The Morgan fingerprint density at radius 3 is 2.86 bits per heavy atom. The van der Waals surface area contributed by atoms with Crippen LogP contribution in [0.4, 0.5) is 11.6 Å². The SMILES string of the molecule is CNc1cc(C[C@H]2CCN(c3cc(C)ncn3)C2)ncn1. The Morgan fingerprint density at radius 2 is 2.05 bits per heavy atom. The lowest BCUT2D eigenvalue weighted by atomic mass is 10.0. The average molecular weight is 284 g/mol. The van der Waals surface area contributed by atoms with Gasteiger partial charge in [-0.3, -0.25) is 0 Å². The lowest BCUT2D eigenvalue weighted by Crippen LogP contribution is -2.21. The highest BCUT2D eigenvalue weighted by molar-refractivity contribution is 5.40. The van der Waals surface area contributed by atoms with Crippen LogP contribution in [-0.2, 0) is 6.42 Å². The molecule has 2 aromatic rings. The van der Waals surface area contributed by atoms with E-state index in [0.29, 0.717) is 5.92 Å². The van der Waals surface area contributed by atoms with Gasteiger partial charge in [-0.15, -0.1) is 0 Å². The van der Waals surface area contributed by atoms with Crippen LogP contribution in [0.1, 0.15) is 17.8 Å². The second-order valence-corrected chi connectivity index (χ2v) is 5.47. The van der Waals surface area contributed by atoms with Gasteiger partial charge in [0.05, 0.1) is 0 Å². The average Bonchev–Trinajstić information content (AvgIpc) is 2.96. The molecule has 0 amide bonds. The third kappa shape index (κ3) is 3.26. The van der Waals surface area contributed by atoms with Gasteiger partial charge >= 0.3 is 0 Å². The molecule has 1 atom stereocenters. The molecule has 0 radical (unpaired) electrons. The van der Waals surface area contributed by atoms with E-state index < -0.39 is 0 Å². The third-order valence-electron chi connectivity index (χ3n) is 3.88. The van der Waals surface area contributed by atoms with Crippen LogP contribution in [0, 0.1) is 12.8 Å². The fraction of sp³-hybridized carbons (Fsp3) is 0.467. The van der Waals surface area contributed by atoms with E-state index >= 15 is 0 Å². The van der Waals surface area contributed by atoms with Crippen LogP contribution in [-0.4, -0.2) is 40.1 Å². The first-order chi connectivity index (χ1) is 10.2. The topological polar surface area (TPSA) is 66.8 Å². The smallest absolute Gasteiger partial charge is 0.132 e. The fourth-order valence-corrected chi connectivity index (χ4v) is 2.76. The largest absolute Gasteiger partial charge is 0.373 e. The summed E-state index contributed by atoms with van der Waals surface area (Å²) in [5.41, 5.74) is 2.11. The fourth-order valence-electron chi connectivity index (χ4n) is 2.76. The molecule has 21 heavy (non-hydrogen) atoms. The number of aromatic nitrogens is 4. The van der Waals surface area contributed by atoms with Crippen molar-refractivity contribution in [2.75, 3.05) is 30.4 Å². The van der Waals surface area contributed by atoms with Crippen molar-refractivity contribution in [2.45, 2.75) is 19.8 Å². The van der Waals surface area contributed by atoms with Crippen LogP contribution in [0.2, 0.25) is 0 Å². The number of aryl methyl sites for hydroxylation is 1. The van der Waals surface area contributed by atoms with Gasteiger partial charge in [0.1, 0.15) is 24.3 Å². The number of anilines is 2. The Balaban J connectivity index is 1.64. The summed E-state index contributed by atoms with van der Waals surface area (Å²) in [5, 5.41) is 3.05. The highest BCUT2D eigenvalue weighted by atomic mass is 15.2. The summed E-state index contributed by atoms with van der Waals surface area (Å²) in [6.45, 7) is 4.07. The third-order valence-corrected chi connectivity index (χ3v) is 3.88. The highest BCUT2D eigenvalue weighted by Gasteiger charge is 2.24. The van der Waals surface area contributed by atoms with Gasteiger partial charge in [0.2, 0.25) is 0 Å². The molecule has 0 spiro atoms. The molecule has 3 heterocycles. The predicted octanol–water partition coefficient (Wildman–Crippen LogP) is 1.69. The van der Waals surface area contributed by atoms with Crippen molar-refractivity contribution in [2.24, 2.45) is 5.92 Å². The van der Waals surface area contributed by atoms with Crippen LogP contribution in [0.25, 0.3) is 0 Å². The Hall–Kier alpha value is -2.24. The van der Waals surface area contributed by atoms with Crippen molar-refractivity contribution >= 4 is 11.6 Å². The Bertz CT molecular complexity index is 615. The number of hydrogen-bond acceptors (Lipinski definition) is 6. The van der Waals surface area contributed by atoms with Gasteiger partial charge in [0.25, 0.3) is 0 Å². The van der Waals surface area contributed by atoms with Crippen LogP contribution in [0.15, 0.2) is 24.8 Å². The molecule has 6 nitrogen and oxygen atoms in total. The zero-order valence-corrected chi connectivity index (χ0v) is 12.5. The Morgan fingerprint density at radius 1 is 1.19 bits per heavy atom. The second kappa shape index (κ2) is 6.03. The molecule has 1 N–H and O–H groups in total. The van der Waals surface area contributed by atoms with E-state index in [2.05, 4.69) is 30.2 Å². The van der Waals surface area contributed by atoms with Crippen LogP contribution in [0.5, 0.6) is 0 Å². The zero-order chi connectivity index (χ0) is 14.7.